The van der Waals surface area contributed by atoms with Gasteiger partial charge in [-0.15, -0.1) is 0 Å². The molecule has 7 nitrogen and oxygen atoms in total. The maximum atomic E-state index is 12.6. The Labute approximate surface area is 177 Å². The van der Waals surface area contributed by atoms with E-state index in [1.165, 1.54) is 31.5 Å². The summed E-state index contributed by atoms with van der Waals surface area (Å²) >= 11 is 0. The third-order valence-corrected chi connectivity index (χ3v) is 6.11. The number of hydrogen-bond donors (Lipinski definition) is 0. The Morgan fingerprint density at radius 1 is 1.07 bits per heavy atom. The molecule has 0 spiro atoms. The average Bonchev–Trinajstić information content (AvgIpc) is 3.51. The summed E-state index contributed by atoms with van der Waals surface area (Å²) < 4.78 is 11.3. The van der Waals surface area contributed by atoms with Gasteiger partial charge in [0.1, 0.15) is 12.4 Å². The van der Waals surface area contributed by atoms with Gasteiger partial charge in [-0.3, -0.25) is 14.6 Å². The first-order chi connectivity index (χ1) is 14.7. The highest BCUT2D eigenvalue weighted by Gasteiger charge is 2.30. The largest absolute Gasteiger partial charge is 0.461 e. The van der Waals surface area contributed by atoms with Gasteiger partial charge >= 0.3 is 6.01 Å². The smallest absolute Gasteiger partial charge is 0.318 e. The summed E-state index contributed by atoms with van der Waals surface area (Å²) in [6.07, 6.45) is 6.84. The molecule has 1 atom stereocenters. The van der Waals surface area contributed by atoms with E-state index in [0.717, 1.165) is 37.1 Å². The molecule has 4 heterocycles. The first kappa shape index (κ1) is 19.5. The molecule has 0 bridgehead atoms. The van der Waals surface area contributed by atoms with Crippen molar-refractivity contribution < 1.29 is 14.3 Å². The molecule has 2 fully saturated rings. The lowest BCUT2D eigenvalue weighted by atomic mass is 10.1. The number of nitrogens with zero attached hydrogens (tertiary/aromatic N) is 4. The van der Waals surface area contributed by atoms with Crippen molar-refractivity contribution in [2.24, 2.45) is 0 Å². The molecule has 1 aromatic carbocycles. The Kier molecular flexibility index (Phi) is 5.64. The molecule has 3 aliphatic heterocycles. The van der Waals surface area contributed by atoms with Crippen molar-refractivity contribution in [2.75, 3.05) is 31.2 Å². The van der Waals surface area contributed by atoms with Crippen molar-refractivity contribution in [3.05, 3.63) is 47.2 Å². The van der Waals surface area contributed by atoms with Crippen LogP contribution in [0.3, 0.4) is 0 Å². The maximum absolute atomic E-state index is 12.6. The lowest BCUT2D eigenvalue weighted by Gasteiger charge is -2.18. The van der Waals surface area contributed by atoms with Crippen LogP contribution in [0.2, 0.25) is 0 Å². The van der Waals surface area contributed by atoms with Crippen LogP contribution in [0.4, 0.5) is 5.82 Å². The van der Waals surface area contributed by atoms with E-state index in [1.807, 2.05) is 0 Å². The van der Waals surface area contributed by atoms with Gasteiger partial charge in [0.05, 0.1) is 19.1 Å². The van der Waals surface area contributed by atoms with E-state index < -0.39 is 0 Å². The van der Waals surface area contributed by atoms with Gasteiger partial charge in [-0.1, -0.05) is 24.3 Å². The minimum atomic E-state index is 0.0525. The van der Waals surface area contributed by atoms with Crippen molar-refractivity contribution in [3.8, 4) is 6.01 Å². The number of aromatic nitrogens is 2. The minimum Gasteiger partial charge on any atom is -0.461 e. The molecule has 0 aliphatic carbocycles. The number of benzene rings is 1. The van der Waals surface area contributed by atoms with Crippen LogP contribution in [0.5, 0.6) is 6.01 Å². The molecule has 30 heavy (non-hydrogen) atoms. The molecule has 0 N–H and O–H groups in total. The molecule has 1 amide bonds. The quantitative estimate of drug-likeness (QED) is 0.702. The fourth-order valence-corrected chi connectivity index (χ4v) is 4.42. The second kappa shape index (κ2) is 8.70. The topological polar surface area (TPSA) is 67.8 Å². The van der Waals surface area contributed by atoms with Crippen molar-refractivity contribution in [3.63, 3.8) is 0 Å². The molecule has 158 valence electrons. The number of anilines is 1. The predicted octanol–water partition coefficient (Wildman–Crippen LogP) is 2.72. The molecule has 2 saturated heterocycles. The third-order valence-electron chi connectivity index (χ3n) is 6.11. The monoisotopic (exact) mass is 408 g/mol. The van der Waals surface area contributed by atoms with Crippen LogP contribution in [0.25, 0.3) is 0 Å². The summed E-state index contributed by atoms with van der Waals surface area (Å²) in [5.74, 6) is 0.718. The van der Waals surface area contributed by atoms with Crippen molar-refractivity contribution >= 4 is 11.7 Å². The van der Waals surface area contributed by atoms with Crippen molar-refractivity contribution in [1.29, 1.82) is 0 Å². The zero-order valence-corrected chi connectivity index (χ0v) is 17.3. The Balaban J connectivity index is 1.24. The standard InChI is InChI=1S/C23H28N4O3/c28-21-12-19-13-24-23(30-16-20-4-3-11-29-20)25-22(19)27(21)15-18-7-5-17(6-8-18)14-26-9-1-2-10-26/h5-8,13,20H,1-4,9-12,14-16H2. The Morgan fingerprint density at radius 3 is 2.57 bits per heavy atom. The highest BCUT2D eigenvalue weighted by atomic mass is 16.5. The number of carbonyl (C=O) groups excluding carboxylic acids is 1. The van der Waals surface area contributed by atoms with Gasteiger partial charge in [-0.25, -0.2) is 4.98 Å². The van der Waals surface area contributed by atoms with Gasteiger partial charge in [-0.05, 0) is 49.9 Å². The second-order valence-electron chi connectivity index (χ2n) is 8.40. The number of carbonyl (C=O) groups is 1. The number of fused-ring (bicyclic) bond motifs is 1. The molecule has 3 aliphatic rings. The lowest BCUT2D eigenvalue weighted by molar-refractivity contribution is -0.117. The van der Waals surface area contributed by atoms with Crippen LogP contribution < -0.4 is 9.64 Å². The van der Waals surface area contributed by atoms with E-state index in [2.05, 4.69) is 39.1 Å². The number of rotatable bonds is 7. The number of amides is 1. The fraction of sp³-hybridized carbons (Fsp3) is 0.522. The molecule has 7 heteroatoms. The maximum Gasteiger partial charge on any atom is 0.318 e. The molecule has 1 aromatic heterocycles. The average molecular weight is 409 g/mol. The first-order valence-corrected chi connectivity index (χ1v) is 11.0. The fourth-order valence-electron chi connectivity index (χ4n) is 4.42. The Morgan fingerprint density at radius 2 is 1.83 bits per heavy atom. The van der Waals surface area contributed by atoms with Crippen molar-refractivity contribution in [2.45, 2.75) is 51.3 Å². The molecule has 0 radical (unpaired) electrons. The molecular weight excluding hydrogens is 380 g/mol. The summed E-state index contributed by atoms with van der Waals surface area (Å²) in [4.78, 5) is 25.6. The van der Waals surface area contributed by atoms with Crippen molar-refractivity contribution in [1.82, 2.24) is 14.9 Å². The van der Waals surface area contributed by atoms with Crippen LogP contribution in [0.1, 0.15) is 42.4 Å². The van der Waals surface area contributed by atoms with Crippen LogP contribution in [-0.4, -0.2) is 53.2 Å². The van der Waals surface area contributed by atoms with E-state index in [1.54, 1.807) is 11.1 Å². The predicted molar refractivity (Wildman–Crippen MR) is 112 cm³/mol. The lowest BCUT2D eigenvalue weighted by Crippen LogP contribution is -2.27. The number of ether oxygens (including phenoxy) is 2. The summed E-state index contributed by atoms with van der Waals surface area (Å²) in [7, 11) is 0. The number of hydrogen-bond acceptors (Lipinski definition) is 6. The van der Waals surface area contributed by atoms with Crippen LogP contribution in [-0.2, 0) is 29.0 Å². The van der Waals surface area contributed by atoms with Gasteiger partial charge in [0.2, 0.25) is 5.91 Å². The van der Waals surface area contributed by atoms with Crippen LogP contribution in [0.15, 0.2) is 30.5 Å². The van der Waals surface area contributed by atoms with Gasteiger partial charge in [-0.2, -0.15) is 4.98 Å². The van der Waals surface area contributed by atoms with E-state index in [4.69, 9.17) is 9.47 Å². The van der Waals surface area contributed by atoms with Crippen LogP contribution in [0, 0.1) is 0 Å². The molecular formula is C23H28N4O3. The summed E-state index contributed by atoms with van der Waals surface area (Å²) in [5.41, 5.74) is 3.28. The summed E-state index contributed by atoms with van der Waals surface area (Å²) in [6, 6.07) is 8.89. The normalized spacial score (nSPS) is 21.4. The van der Waals surface area contributed by atoms with Gasteiger partial charge < -0.3 is 9.47 Å². The zero-order chi connectivity index (χ0) is 20.3. The highest BCUT2D eigenvalue weighted by molar-refractivity contribution is 6.00. The van der Waals surface area contributed by atoms with E-state index >= 15 is 0 Å². The molecule has 2 aromatic rings. The zero-order valence-electron chi connectivity index (χ0n) is 17.3. The van der Waals surface area contributed by atoms with Gasteiger partial charge in [0.15, 0.2) is 0 Å². The Hall–Kier alpha value is -2.51. The third kappa shape index (κ3) is 4.32. The van der Waals surface area contributed by atoms with E-state index in [9.17, 15) is 4.79 Å². The summed E-state index contributed by atoms with van der Waals surface area (Å²) in [5, 5.41) is 0. The summed E-state index contributed by atoms with van der Waals surface area (Å²) in [6.45, 7) is 5.14. The minimum absolute atomic E-state index is 0.0525. The van der Waals surface area contributed by atoms with E-state index in [0.29, 0.717) is 31.4 Å². The van der Waals surface area contributed by atoms with Gasteiger partial charge in [0, 0.05) is 24.9 Å². The highest BCUT2D eigenvalue weighted by Crippen LogP contribution is 2.29. The second-order valence-corrected chi connectivity index (χ2v) is 8.40. The molecule has 0 saturated carbocycles. The molecule has 1 unspecified atom stereocenters. The molecule has 5 rings (SSSR count). The SMILES string of the molecule is O=C1Cc2cnc(OCC3CCCO3)nc2N1Cc1ccc(CN2CCCC2)cc1. The van der Waals surface area contributed by atoms with Gasteiger partial charge in [0.25, 0.3) is 0 Å². The number of likely N-dealkylation sites (tertiary alicyclic amines) is 1. The Bertz CT molecular complexity index is 890. The first-order valence-electron chi connectivity index (χ1n) is 11.0. The van der Waals surface area contributed by atoms with Crippen LogP contribution >= 0.6 is 0 Å². The van der Waals surface area contributed by atoms with E-state index in [-0.39, 0.29) is 12.0 Å².